The van der Waals surface area contributed by atoms with Gasteiger partial charge in [0.25, 0.3) is 5.69 Å². The number of nitro groups is 1. The molecular weight excluding hydrogens is 228 g/mol. The number of nitrogens with zero attached hydrogens (tertiary/aromatic N) is 1. The number of methoxy groups -OCH3 is 2. The van der Waals surface area contributed by atoms with Gasteiger partial charge >= 0.3 is 0 Å². The van der Waals surface area contributed by atoms with E-state index in [1.54, 1.807) is 0 Å². The average Bonchev–Trinajstić information content (AvgIpc) is 2.27. The number of carbonyl (C=O) groups excluding carboxylic acids is 1. The molecule has 0 spiro atoms. The predicted octanol–water partition coefficient (Wildman–Crippen LogP) is 1.57. The van der Waals surface area contributed by atoms with Crippen molar-refractivity contribution >= 4 is 17.3 Å². The number of rotatable bonds is 4. The van der Waals surface area contributed by atoms with Crippen LogP contribution in [0.15, 0.2) is 12.1 Å². The highest BCUT2D eigenvalue weighted by atomic mass is 16.6. The molecule has 1 aromatic rings. The van der Waals surface area contributed by atoms with Crippen molar-refractivity contribution in [3.8, 4) is 11.5 Å². The second kappa shape index (κ2) is 5.15. The molecule has 0 bridgehead atoms. The smallest absolute Gasteiger partial charge is 0.296 e. The van der Waals surface area contributed by atoms with Crippen LogP contribution in [0.1, 0.15) is 6.92 Å². The maximum atomic E-state index is 10.9. The lowest BCUT2D eigenvalue weighted by atomic mass is 10.2. The first-order chi connectivity index (χ1) is 7.99. The number of ether oxygens (including phenoxy) is 2. The molecule has 7 heteroatoms. The van der Waals surface area contributed by atoms with E-state index in [0.29, 0.717) is 5.75 Å². The summed E-state index contributed by atoms with van der Waals surface area (Å²) in [5, 5.41) is 13.2. The van der Waals surface area contributed by atoms with Gasteiger partial charge in [0, 0.05) is 13.0 Å². The summed E-state index contributed by atoms with van der Waals surface area (Å²) in [4.78, 5) is 21.2. The van der Waals surface area contributed by atoms with Gasteiger partial charge in [0.2, 0.25) is 5.91 Å². The largest absolute Gasteiger partial charge is 0.493 e. The number of carbonyl (C=O) groups is 1. The number of anilines is 1. The highest BCUT2D eigenvalue weighted by Crippen LogP contribution is 2.37. The molecule has 0 fully saturated rings. The van der Waals surface area contributed by atoms with Gasteiger partial charge in [-0.2, -0.15) is 0 Å². The minimum Gasteiger partial charge on any atom is -0.493 e. The Bertz CT molecular complexity index is 458. The van der Waals surface area contributed by atoms with Crippen molar-refractivity contribution in [1.29, 1.82) is 0 Å². The summed E-state index contributed by atoms with van der Waals surface area (Å²) in [7, 11) is 2.78. The molecule has 1 rings (SSSR count). The van der Waals surface area contributed by atoms with E-state index in [1.165, 1.54) is 33.3 Å². The Labute approximate surface area is 97.5 Å². The molecule has 1 N–H and O–H groups in total. The van der Waals surface area contributed by atoms with E-state index < -0.39 is 10.8 Å². The van der Waals surface area contributed by atoms with Crippen molar-refractivity contribution in [2.45, 2.75) is 6.92 Å². The van der Waals surface area contributed by atoms with Gasteiger partial charge in [0.15, 0.2) is 11.5 Å². The van der Waals surface area contributed by atoms with Crippen LogP contribution in [0.3, 0.4) is 0 Å². The maximum Gasteiger partial charge on any atom is 0.296 e. The third-order valence-electron chi connectivity index (χ3n) is 2.01. The maximum absolute atomic E-state index is 10.9. The Morgan fingerprint density at radius 3 is 2.24 bits per heavy atom. The van der Waals surface area contributed by atoms with Crippen molar-refractivity contribution in [1.82, 2.24) is 0 Å². The van der Waals surface area contributed by atoms with Gasteiger partial charge in [-0.05, 0) is 0 Å². The zero-order valence-corrected chi connectivity index (χ0v) is 9.64. The number of nitro benzene ring substituents is 1. The molecule has 0 aliphatic carbocycles. The van der Waals surface area contributed by atoms with Crippen LogP contribution in [0.2, 0.25) is 0 Å². The normalized spacial score (nSPS) is 9.59. The number of benzene rings is 1. The van der Waals surface area contributed by atoms with Crippen LogP contribution in [0.4, 0.5) is 11.4 Å². The van der Waals surface area contributed by atoms with Crippen LogP contribution < -0.4 is 14.8 Å². The fraction of sp³-hybridized carbons (Fsp3) is 0.300. The first-order valence-electron chi connectivity index (χ1n) is 4.67. The van der Waals surface area contributed by atoms with E-state index in [9.17, 15) is 14.9 Å². The van der Waals surface area contributed by atoms with Crippen LogP contribution in [-0.2, 0) is 4.79 Å². The van der Waals surface area contributed by atoms with Crippen molar-refractivity contribution in [3.05, 3.63) is 22.2 Å². The summed E-state index contributed by atoms with van der Waals surface area (Å²) in [5.74, 6) is 0.135. The van der Waals surface area contributed by atoms with Crippen LogP contribution in [-0.4, -0.2) is 25.1 Å². The number of hydrogen-bond donors (Lipinski definition) is 1. The van der Waals surface area contributed by atoms with Crippen LogP contribution in [0.25, 0.3) is 0 Å². The zero-order chi connectivity index (χ0) is 13.0. The Balaban J connectivity index is 3.34. The highest BCUT2D eigenvalue weighted by Gasteiger charge is 2.20. The molecule has 0 aliphatic heterocycles. The molecule has 17 heavy (non-hydrogen) atoms. The Kier molecular flexibility index (Phi) is 3.86. The summed E-state index contributed by atoms with van der Waals surface area (Å²) < 4.78 is 9.94. The number of hydrogen-bond acceptors (Lipinski definition) is 5. The molecule has 0 saturated heterocycles. The monoisotopic (exact) mass is 240 g/mol. The number of amides is 1. The fourth-order valence-electron chi connectivity index (χ4n) is 1.31. The predicted molar refractivity (Wildman–Crippen MR) is 60.5 cm³/mol. The summed E-state index contributed by atoms with van der Waals surface area (Å²) in [6.45, 7) is 1.26. The summed E-state index contributed by atoms with van der Waals surface area (Å²) >= 11 is 0. The zero-order valence-electron chi connectivity index (χ0n) is 9.64. The topological polar surface area (TPSA) is 90.7 Å². The van der Waals surface area contributed by atoms with Gasteiger partial charge < -0.3 is 14.8 Å². The first-order valence-corrected chi connectivity index (χ1v) is 4.67. The average molecular weight is 240 g/mol. The van der Waals surface area contributed by atoms with Crippen molar-refractivity contribution < 1.29 is 19.2 Å². The summed E-state index contributed by atoms with van der Waals surface area (Å²) in [6.07, 6.45) is 0. The lowest BCUT2D eigenvalue weighted by Crippen LogP contribution is -2.08. The third kappa shape index (κ3) is 2.83. The van der Waals surface area contributed by atoms with Gasteiger partial charge in [0.05, 0.1) is 25.2 Å². The van der Waals surface area contributed by atoms with Crippen LogP contribution in [0.5, 0.6) is 11.5 Å². The molecule has 0 aliphatic rings. The van der Waals surface area contributed by atoms with Gasteiger partial charge in [-0.15, -0.1) is 0 Å². The molecule has 92 valence electrons. The molecule has 0 aromatic heterocycles. The quantitative estimate of drug-likeness (QED) is 0.637. The first kappa shape index (κ1) is 12.8. The second-order valence-corrected chi connectivity index (χ2v) is 3.16. The van der Waals surface area contributed by atoms with E-state index in [1.807, 2.05) is 0 Å². The van der Waals surface area contributed by atoms with Gasteiger partial charge in [-0.3, -0.25) is 14.9 Å². The van der Waals surface area contributed by atoms with Crippen molar-refractivity contribution in [3.63, 3.8) is 0 Å². The van der Waals surface area contributed by atoms with Gasteiger partial charge in [0.1, 0.15) is 5.69 Å². The Morgan fingerprint density at radius 1 is 1.29 bits per heavy atom. The molecule has 0 atom stereocenters. The van der Waals surface area contributed by atoms with E-state index >= 15 is 0 Å². The minimum absolute atomic E-state index is 0.0696. The van der Waals surface area contributed by atoms with Crippen molar-refractivity contribution in [2.24, 2.45) is 0 Å². The van der Waals surface area contributed by atoms with Crippen molar-refractivity contribution in [2.75, 3.05) is 19.5 Å². The fourth-order valence-corrected chi connectivity index (χ4v) is 1.31. The molecule has 0 unspecified atom stereocenters. The van der Waals surface area contributed by atoms with E-state index in [4.69, 9.17) is 9.47 Å². The van der Waals surface area contributed by atoms with Gasteiger partial charge in [-0.25, -0.2) is 0 Å². The third-order valence-corrected chi connectivity index (χ3v) is 2.01. The molecule has 7 nitrogen and oxygen atoms in total. The lowest BCUT2D eigenvalue weighted by molar-refractivity contribution is -0.384. The molecule has 0 heterocycles. The molecule has 1 aromatic carbocycles. The molecular formula is C10H12N2O5. The van der Waals surface area contributed by atoms with E-state index in [0.717, 1.165) is 0 Å². The summed E-state index contributed by atoms with van der Waals surface area (Å²) in [6, 6.07) is 2.54. The lowest BCUT2D eigenvalue weighted by Gasteiger charge is -2.10. The van der Waals surface area contributed by atoms with E-state index in [2.05, 4.69) is 5.32 Å². The number of nitrogens with one attached hydrogen (secondary N) is 1. The van der Waals surface area contributed by atoms with Gasteiger partial charge in [-0.1, -0.05) is 0 Å². The highest BCUT2D eigenvalue weighted by molar-refractivity contribution is 5.92. The minimum atomic E-state index is -0.604. The van der Waals surface area contributed by atoms with Crippen LogP contribution in [0, 0.1) is 10.1 Å². The summed E-state index contributed by atoms with van der Waals surface area (Å²) in [5.41, 5.74) is -0.182. The Hall–Kier alpha value is -2.31. The Morgan fingerprint density at radius 2 is 1.82 bits per heavy atom. The van der Waals surface area contributed by atoms with E-state index in [-0.39, 0.29) is 17.1 Å². The molecule has 0 radical (unpaired) electrons. The second-order valence-electron chi connectivity index (χ2n) is 3.16. The standard InChI is InChI=1S/C10H12N2O5/c1-6(13)11-7-4-9(16-2)10(17-3)5-8(7)12(14)15/h4-5H,1-3H3,(H,11,13). The molecule has 1 amide bonds. The molecule has 0 saturated carbocycles. The SMILES string of the molecule is COc1cc(NC(C)=O)c([N+](=O)[O-])cc1OC. The van der Waals surface area contributed by atoms with Crippen LogP contribution >= 0.6 is 0 Å².